The van der Waals surface area contributed by atoms with Crippen molar-refractivity contribution < 1.29 is 9.53 Å². The molecular weight excluding hydrogens is 474 g/mol. The van der Waals surface area contributed by atoms with Gasteiger partial charge in [0.1, 0.15) is 5.75 Å². The molecule has 0 fully saturated rings. The number of hydrogen-bond donors (Lipinski definition) is 1. The van der Waals surface area contributed by atoms with E-state index in [-0.39, 0.29) is 17.9 Å². The smallest absolute Gasteiger partial charge is 0.263 e. The van der Waals surface area contributed by atoms with Gasteiger partial charge in [0.15, 0.2) is 5.60 Å². The molecule has 0 spiro atoms. The van der Waals surface area contributed by atoms with Crippen LogP contribution >= 0.6 is 27.5 Å². The fourth-order valence-corrected chi connectivity index (χ4v) is 4.05. The maximum atomic E-state index is 13.1. The Morgan fingerprint density at radius 3 is 2.35 bits per heavy atom. The first-order valence-corrected chi connectivity index (χ1v) is 11.5. The second-order valence-corrected chi connectivity index (χ2v) is 9.53. The first-order chi connectivity index (χ1) is 14.7. The zero-order valence-electron chi connectivity index (χ0n) is 17.9. The lowest BCUT2D eigenvalue weighted by atomic mass is 9.86. The number of halogens is 2. The molecule has 2 unspecified atom stereocenters. The largest absolute Gasteiger partial charge is 0.478 e. The molecule has 3 aromatic rings. The van der Waals surface area contributed by atoms with Crippen molar-refractivity contribution in [2.45, 2.75) is 44.8 Å². The van der Waals surface area contributed by atoms with Crippen molar-refractivity contribution in [2.24, 2.45) is 0 Å². The van der Waals surface area contributed by atoms with E-state index in [1.54, 1.807) is 13.8 Å². The first-order valence-electron chi connectivity index (χ1n) is 10.3. The summed E-state index contributed by atoms with van der Waals surface area (Å²) in [4.78, 5) is 13.1. The molecule has 0 bridgehead atoms. The van der Waals surface area contributed by atoms with Crippen LogP contribution in [0.4, 0.5) is 0 Å². The summed E-state index contributed by atoms with van der Waals surface area (Å²) in [5.74, 6) is 0.593. The summed E-state index contributed by atoms with van der Waals surface area (Å²) in [6.07, 6.45) is 0.773. The molecule has 0 aliphatic rings. The van der Waals surface area contributed by atoms with E-state index in [1.165, 1.54) is 0 Å². The Morgan fingerprint density at radius 1 is 1.03 bits per heavy atom. The van der Waals surface area contributed by atoms with Crippen LogP contribution in [0.15, 0.2) is 83.3 Å². The van der Waals surface area contributed by atoms with E-state index in [9.17, 15) is 4.79 Å². The molecular formula is C26H27BrClNO2. The van der Waals surface area contributed by atoms with Crippen molar-refractivity contribution in [3.05, 3.63) is 99.5 Å². The van der Waals surface area contributed by atoms with Gasteiger partial charge in [-0.3, -0.25) is 4.79 Å². The molecule has 1 N–H and O–H groups in total. The average molecular weight is 501 g/mol. The third-order valence-corrected chi connectivity index (χ3v) is 6.02. The highest BCUT2D eigenvalue weighted by atomic mass is 79.9. The summed E-state index contributed by atoms with van der Waals surface area (Å²) in [5.41, 5.74) is 1.31. The maximum absolute atomic E-state index is 13.1. The number of benzene rings is 3. The molecule has 3 rings (SSSR count). The quantitative estimate of drug-likeness (QED) is 0.370. The number of carbonyl (C=O) groups excluding carboxylic acids is 1. The molecule has 0 aromatic heterocycles. The van der Waals surface area contributed by atoms with E-state index in [0.717, 1.165) is 22.0 Å². The standard InChI is InChI=1S/C26H27BrClNO2/c1-18(29-25(30)26(2,3)31-23-10-5-4-6-11-23)24(20-8-7-9-21(27)17-20)16-19-12-14-22(28)15-13-19/h4-15,17-18,24H,16H2,1-3H3,(H,29,30). The molecule has 1 amide bonds. The molecule has 5 heteroatoms. The fourth-order valence-electron chi connectivity index (χ4n) is 3.51. The van der Waals surface area contributed by atoms with Crippen LogP contribution in [0.25, 0.3) is 0 Å². The third-order valence-electron chi connectivity index (χ3n) is 5.27. The predicted molar refractivity (Wildman–Crippen MR) is 131 cm³/mol. The van der Waals surface area contributed by atoms with Gasteiger partial charge in [-0.15, -0.1) is 0 Å². The van der Waals surface area contributed by atoms with Crippen molar-refractivity contribution >= 4 is 33.4 Å². The molecule has 162 valence electrons. The van der Waals surface area contributed by atoms with Crippen molar-refractivity contribution in [3.8, 4) is 5.75 Å². The van der Waals surface area contributed by atoms with Gasteiger partial charge < -0.3 is 10.1 Å². The molecule has 0 radical (unpaired) electrons. The average Bonchev–Trinajstić information content (AvgIpc) is 2.73. The number of rotatable bonds is 8. The Balaban J connectivity index is 1.79. The van der Waals surface area contributed by atoms with E-state index in [0.29, 0.717) is 10.8 Å². The lowest BCUT2D eigenvalue weighted by Crippen LogP contribution is -2.51. The van der Waals surface area contributed by atoms with Gasteiger partial charge in [-0.25, -0.2) is 0 Å². The summed E-state index contributed by atoms with van der Waals surface area (Å²) in [7, 11) is 0. The molecule has 3 aromatic carbocycles. The van der Waals surface area contributed by atoms with Gasteiger partial charge in [0.05, 0.1) is 0 Å². The van der Waals surface area contributed by atoms with E-state index >= 15 is 0 Å². The number of carbonyl (C=O) groups is 1. The van der Waals surface area contributed by atoms with Crippen LogP contribution in [-0.4, -0.2) is 17.6 Å². The number of amides is 1. The van der Waals surface area contributed by atoms with Crippen molar-refractivity contribution in [2.75, 3.05) is 0 Å². The van der Waals surface area contributed by atoms with E-state index < -0.39 is 5.60 Å². The molecule has 0 heterocycles. The summed E-state index contributed by atoms with van der Waals surface area (Å²) < 4.78 is 6.98. The van der Waals surface area contributed by atoms with Gasteiger partial charge in [-0.1, -0.05) is 70.0 Å². The zero-order valence-corrected chi connectivity index (χ0v) is 20.3. The maximum Gasteiger partial charge on any atom is 0.263 e. The Bertz CT molecular complexity index is 1010. The monoisotopic (exact) mass is 499 g/mol. The van der Waals surface area contributed by atoms with Crippen molar-refractivity contribution in [1.82, 2.24) is 5.32 Å². The highest BCUT2D eigenvalue weighted by molar-refractivity contribution is 9.10. The van der Waals surface area contributed by atoms with Crippen LogP contribution in [0.5, 0.6) is 5.75 Å². The lowest BCUT2D eigenvalue weighted by Gasteiger charge is -2.31. The number of hydrogen-bond acceptors (Lipinski definition) is 2. The zero-order chi connectivity index (χ0) is 22.4. The van der Waals surface area contributed by atoms with Gasteiger partial charge >= 0.3 is 0 Å². The minimum absolute atomic E-state index is 0.0788. The van der Waals surface area contributed by atoms with Gasteiger partial charge in [0.2, 0.25) is 0 Å². The van der Waals surface area contributed by atoms with Crippen LogP contribution < -0.4 is 10.1 Å². The lowest BCUT2D eigenvalue weighted by molar-refractivity contribution is -0.135. The van der Waals surface area contributed by atoms with Gasteiger partial charge in [-0.05, 0) is 74.7 Å². The van der Waals surface area contributed by atoms with Crippen LogP contribution in [-0.2, 0) is 11.2 Å². The number of para-hydroxylation sites is 1. The van der Waals surface area contributed by atoms with Crippen LogP contribution in [0.2, 0.25) is 5.02 Å². The predicted octanol–water partition coefficient (Wildman–Crippen LogP) is 6.79. The third kappa shape index (κ3) is 6.59. The second kappa shape index (κ2) is 10.3. The number of ether oxygens (including phenoxy) is 1. The molecule has 0 saturated carbocycles. The van der Waals surface area contributed by atoms with Gasteiger partial charge in [0.25, 0.3) is 5.91 Å². The van der Waals surface area contributed by atoms with Gasteiger partial charge in [0, 0.05) is 21.5 Å². The van der Waals surface area contributed by atoms with Crippen molar-refractivity contribution in [1.29, 1.82) is 0 Å². The Kier molecular flexibility index (Phi) is 7.79. The van der Waals surface area contributed by atoms with E-state index in [2.05, 4.69) is 33.4 Å². The number of nitrogens with one attached hydrogen (secondary N) is 1. The van der Waals surface area contributed by atoms with Gasteiger partial charge in [-0.2, -0.15) is 0 Å². The van der Waals surface area contributed by atoms with Crippen LogP contribution in [0.1, 0.15) is 37.8 Å². The highest BCUT2D eigenvalue weighted by Crippen LogP contribution is 2.28. The highest BCUT2D eigenvalue weighted by Gasteiger charge is 2.33. The van der Waals surface area contributed by atoms with Crippen LogP contribution in [0, 0.1) is 0 Å². The van der Waals surface area contributed by atoms with E-state index in [1.807, 2.05) is 73.7 Å². The summed E-state index contributed by atoms with van der Waals surface area (Å²) in [6, 6.07) is 25.4. The summed E-state index contributed by atoms with van der Waals surface area (Å²) >= 11 is 9.63. The second-order valence-electron chi connectivity index (χ2n) is 8.18. The van der Waals surface area contributed by atoms with E-state index in [4.69, 9.17) is 16.3 Å². The molecule has 3 nitrogen and oxygen atoms in total. The minimum atomic E-state index is -1.00. The summed E-state index contributed by atoms with van der Waals surface area (Å²) in [6.45, 7) is 5.61. The fraction of sp³-hybridized carbons (Fsp3) is 0.269. The molecule has 0 aliphatic heterocycles. The topological polar surface area (TPSA) is 38.3 Å². The normalized spacial score (nSPS) is 13.3. The Labute approximate surface area is 197 Å². The SMILES string of the molecule is CC(NC(=O)C(C)(C)Oc1ccccc1)C(Cc1ccc(Cl)cc1)c1cccc(Br)c1. The molecule has 0 saturated heterocycles. The molecule has 2 atom stereocenters. The Morgan fingerprint density at radius 2 is 1.71 bits per heavy atom. The Hall–Kier alpha value is -2.30. The molecule has 0 aliphatic carbocycles. The minimum Gasteiger partial charge on any atom is -0.478 e. The van der Waals surface area contributed by atoms with Crippen molar-refractivity contribution in [3.63, 3.8) is 0 Å². The molecule has 31 heavy (non-hydrogen) atoms. The summed E-state index contributed by atoms with van der Waals surface area (Å²) in [5, 5.41) is 3.90. The van der Waals surface area contributed by atoms with Crippen LogP contribution in [0.3, 0.4) is 0 Å². The first kappa shape index (κ1) is 23.4.